The van der Waals surface area contributed by atoms with Gasteiger partial charge in [-0.3, -0.25) is 9.56 Å². The van der Waals surface area contributed by atoms with Gasteiger partial charge in [-0.1, -0.05) is 50.1 Å². The fourth-order valence-electron chi connectivity index (χ4n) is 5.86. The minimum Gasteiger partial charge on any atom is -0.370 e. The number of H-pyrrole nitrogens is 1. The van der Waals surface area contributed by atoms with Crippen molar-refractivity contribution in [1.82, 2.24) is 14.5 Å². The van der Waals surface area contributed by atoms with Crippen LogP contribution < -0.4 is 17.2 Å². The van der Waals surface area contributed by atoms with Crippen molar-refractivity contribution in [3.05, 3.63) is 93.8 Å². The number of nitrogens with two attached hydrogens (primary N) is 2. The second-order valence-corrected chi connectivity index (χ2v) is 12.4. The summed E-state index contributed by atoms with van der Waals surface area (Å²) in [5, 5.41) is 0.757. The summed E-state index contributed by atoms with van der Waals surface area (Å²) in [6.07, 6.45) is 8.89. The van der Waals surface area contributed by atoms with Crippen LogP contribution in [-0.4, -0.2) is 33.1 Å². The molecule has 8 nitrogen and oxygen atoms in total. The van der Waals surface area contributed by atoms with Crippen LogP contribution in [0.1, 0.15) is 63.2 Å². The van der Waals surface area contributed by atoms with E-state index >= 15 is 4.39 Å². The molecule has 0 amide bonds. The van der Waals surface area contributed by atoms with Gasteiger partial charge in [0, 0.05) is 23.7 Å². The number of hydrogen-bond donors (Lipinski definition) is 3. The van der Waals surface area contributed by atoms with Crippen molar-refractivity contribution in [1.29, 1.82) is 0 Å². The van der Waals surface area contributed by atoms with Crippen LogP contribution in [0.25, 0.3) is 28.0 Å². The number of guanidine groups is 1. The Labute approximate surface area is 262 Å². The molecule has 1 fully saturated rings. The highest BCUT2D eigenvalue weighted by molar-refractivity contribution is 6.31. The smallest absolute Gasteiger partial charge is 0.354 e. The Hall–Kier alpha value is -3.95. The molecule has 5 rings (SSSR count). The first-order valence-electron chi connectivity index (χ1n) is 15.2. The number of nitrogens with zero attached hydrogens (tertiary/aromatic N) is 3. The molecular weight excluding hydrogens is 579 g/mol. The second-order valence-electron chi connectivity index (χ2n) is 12.0. The van der Waals surface area contributed by atoms with E-state index in [0.29, 0.717) is 46.4 Å². The van der Waals surface area contributed by atoms with Gasteiger partial charge in [0.15, 0.2) is 11.8 Å². The number of fused-ring (bicyclic) bond motifs is 1. The van der Waals surface area contributed by atoms with E-state index in [0.717, 1.165) is 49.7 Å². The molecule has 3 atom stereocenters. The average Bonchev–Trinajstić information content (AvgIpc) is 3.40. The molecule has 0 spiro atoms. The quantitative estimate of drug-likeness (QED) is 0.0964. The molecule has 232 valence electrons. The maximum absolute atomic E-state index is 15.2. The molecule has 3 heterocycles. The minimum atomic E-state index is -0.501. The number of rotatable bonds is 11. The second kappa shape index (κ2) is 13.8. The summed E-state index contributed by atoms with van der Waals surface area (Å²) in [6.45, 7) is 8.87. The van der Waals surface area contributed by atoms with E-state index in [1.54, 1.807) is 18.3 Å². The third kappa shape index (κ3) is 7.39. The number of allylic oxidation sites excluding steroid dienone is 1. The topological polar surface area (TPSA) is 124 Å². The lowest BCUT2D eigenvalue weighted by atomic mass is 9.88. The first-order chi connectivity index (χ1) is 21.1. The normalized spacial score (nSPS) is 18.5. The number of aromatic nitrogens is 3. The number of ether oxygens (including phenoxy) is 1. The van der Waals surface area contributed by atoms with Crippen LogP contribution in [0.15, 0.2) is 71.1 Å². The summed E-state index contributed by atoms with van der Waals surface area (Å²) in [5.74, 6) is 0.485. The predicted octanol–water partition coefficient (Wildman–Crippen LogP) is 6.84. The summed E-state index contributed by atoms with van der Waals surface area (Å²) in [5.41, 5.74) is 14.4. The molecule has 2 aromatic carbocycles. The molecule has 4 aromatic rings. The molecule has 1 aliphatic heterocycles. The van der Waals surface area contributed by atoms with Crippen molar-refractivity contribution in [2.24, 2.45) is 28.3 Å². The van der Waals surface area contributed by atoms with Crippen molar-refractivity contribution in [3.8, 4) is 16.9 Å². The monoisotopic (exact) mass is 618 g/mol. The van der Waals surface area contributed by atoms with Crippen LogP contribution in [0, 0.1) is 17.7 Å². The van der Waals surface area contributed by atoms with Crippen LogP contribution in [0.2, 0.25) is 5.02 Å². The minimum absolute atomic E-state index is 0.0111. The van der Waals surface area contributed by atoms with Crippen molar-refractivity contribution in [2.75, 3.05) is 6.54 Å². The molecule has 1 aliphatic rings. The van der Waals surface area contributed by atoms with Crippen molar-refractivity contribution >= 4 is 28.6 Å². The lowest BCUT2D eigenvalue weighted by Gasteiger charge is -2.34. The van der Waals surface area contributed by atoms with Gasteiger partial charge in [-0.25, -0.2) is 9.18 Å². The number of nitrogens with one attached hydrogen (secondary N) is 1. The van der Waals surface area contributed by atoms with Gasteiger partial charge in [-0.05, 0) is 85.4 Å². The van der Waals surface area contributed by atoms with E-state index in [1.165, 1.54) is 4.57 Å². The number of halogens is 2. The summed E-state index contributed by atoms with van der Waals surface area (Å²) in [7, 11) is 0. The third-order valence-corrected chi connectivity index (χ3v) is 8.47. The van der Waals surface area contributed by atoms with E-state index in [4.69, 9.17) is 27.8 Å². The molecule has 0 radical (unpaired) electrons. The number of hydrogen-bond acceptors (Lipinski definition) is 4. The number of benzene rings is 2. The third-order valence-electron chi connectivity index (χ3n) is 8.19. The molecule has 0 saturated carbocycles. The Balaban J connectivity index is 1.37. The molecule has 5 N–H and O–H groups in total. The Kier molecular flexibility index (Phi) is 9.86. The molecule has 2 aromatic heterocycles. The van der Waals surface area contributed by atoms with E-state index < -0.39 is 11.5 Å². The van der Waals surface area contributed by atoms with Gasteiger partial charge >= 0.3 is 5.69 Å². The summed E-state index contributed by atoms with van der Waals surface area (Å²) in [6, 6.07) is 13.0. The zero-order valence-electron chi connectivity index (χ0n) is 25.2. The Morgan fingerprint density at radius 2 is 2.02 bits per heavy atom. The highest BCUT2D eigenvalue weighted by atomic mass is 35.5. The molecule has 0 unspecified atom stereocenters. The molecule has 0 aliphatic carbocycles. The fraction of sp³-hybridized carbons (Fsp3) is 0.382. The first kappa shape index (κ1) is 31.5. The van der Waals surface area contributed by atoms with Crippen LogP contribution in [-0.2, 0) is 11.2 Å². The van der Waals surface area contributed by atoms with Crippen LogP contribution in [0.4, 0.5) is 4.39 Å². The SMILES string of the molecule is C=C[C@H]1C[C@@H](CCN=C(N)N)O[C@H](c2ccc(-n3cc4cc(-c5cc(CCCC(C)C)cc(Cl)c5F)[nH]c4nc3=O)cc2)C1. The molecular formula is C34H40ClFN6O2. The molecule has 44 heavy (non-hydrogen) atoms. The lowest BCUT2D eigenvalue weighted by molar-refractivity contribution is -0.0670. The summed E-state index contributed by atoms with van der Waals surface area (Å²) in [4.78, 5) is 24.5. The van der Waals surface area contributed by atoms with Gasteiger partial charge in [-0.2, -0.15) is 4.98 Å². The van der Waals surface area contributed by atoms with Crippen molar-refractivity contribution < 1.29 is 9.13 Å². The molecule has 0 bridgehead atoms. The van der Waals surface area contributed by atoms with E-state index in [2.05, 4.69) is 35.4 Å². The number of aromatic amines is 1. The van der Waals surface area contributed by atoms with E-state index in [9.17, 15) is 4.79 Å². The molecule has 1 saturated heterocycles. The zero-order chi connectivity index (χ0) is 31.4. The Morgan fingerprint density at radius 1 is 1.25 bits per heavy atom. The maximum atomic E-state index is 15.2. The van der Waals surface area contributed by atoms with Crippen LogP contribution in [0.5, 0.6) is 0 Å². The van der Waals surface area contributed by atoms with Crippen molar-refractivity contribution in [2.45, 2.75) is 64.6 Å². The largest absolute Gasteiger partial charge is 0.370 e. The van der Waals surface area contributed by atoms with Crippen LogP contribution in [0.3, 0.4) is 0 Å². The fourth-order valence-corrected chi connectivity index (χ4v) is 6.10. The van der Waals surface area contributed by atoms with E-state index in [-0.39, 0.29) is 23.2 Å². The van der Waals surface area contributed by atoms with Gasteiger partial charge in [0.2, 0.25) is 0 Å². The molecule has 10 heteroatoms. The van der Waals surface area contributed by atoms with Gasteiger partial charge < -0.3 is 21.2 Å². The lowest BCUT2D eigenvalue weighted by Crippen LogP contribution is -2.29. The highest BCUT2D eigenvalue weighted by Gasteiger charge is 2.29. The van der Waals surface area contributed by atoms with Crippen LogP contribution >= 0.6 is 11.6 Å². The summed E-state index contributed by atoms with van der Waals surface area (Å²) >= 11 is 6.28. The first-order valence-corrected chi connectivity index (χ1v) is 15.5. The maximum Gasteiger partial charge on any atom is 0.354 e. The Bertz CT molecular complexity index is 1710. The van der Waals surface area contributed by atoms with Gasteiger partial charge in [0.05, 0.1) is 28.6 Å². The van der Waals surface area contributed by atoms with Gasteiger partial charge in [0.1, 0.15) is 5.65 Å². The predicted molar refractivity (Wildman–Crippen MR) is 176 cm³/mol. The van der Waals surface area contributed by atoms with Crippen molar-refractivity contribution in [3.63, 3.8) is 0 Å². The number of aryl methyl sites for hydroxylation is 1. The van der Waals surface area contributed by atoms with Gasteiger partial charge in [0.25, 0.3) is 0 Å². The number of aliphatic imine (C=N–C) groups is 1. The Morgan fingerprint density at radius 3 is 2.73 bits per heavy atom. The standard InChI is InChI=1S/C34H40ClFN6O2/c1-4-21-14-26(12-13-39-33(37)38)44-30(17-21)23-8-10-25(11-9-23)42-19-24-18-29(40-32(24)41-34(42)43)27-15-22(7-5-6-20(2)3)16-28(35)31(27)36/h4,8-11,15-16,18-21,26,30H,1,5-7,12-14,17H2,2-3H3,(H4,37,38,39)(H,40,41,43)/t21-,26+,30-/m0/s1. The van der Waals surface area contributed by atoms with Gasteiger partial charge in [-0.15, -0.1) is 6.58 Å². The highest BCUT2D eigenvalue weighted by Crippen LogP contribution is 2.37. The van der Waals surface area contributed by atoms with E-state index in [1.807, 2.05) is 36.4 Å². The summed E-state index contributed by atoms with van der Waals surface area (Å²) < 4.78 is 23.0. The average molecular weight is 619 g/mol. The zero-order valence-corrected chi connectivity index (χ0v) is 26.0.